The van der Waals surface area contributed by atoms with Crippen LogP contribution >= 0.6 is 0 Å². The van der Waals surface area contributed by atoms with Crippen molar-refractivity contribution in [3.8, 4) is 5.75 Å². The summed E-state index contributed by atoms with van der Waals surface area (Å²) in [5, 5.41) is 10.5. The van der Waals surface area contributed by atoms with E-state index in [0.717, 1.165) is 5.56 Å². The lowest BCUT2D eigenvalue weighted by molar-refractivity contribution is -0.141. The van der Waals surface area contributed by atoms with Gasteiger partial charge in [-0.15, -0.1) is 0 Å². The fraction of sp³-hybridized carbons (Fsp3) is 0.235. The lowest BCUT2D eigenvalue weighted by Crippen LogP contribution is -2.36. The number of para-hydroxylation sites is 1. The van der Waals surface area contributed by atoms with Gasteiger partial charge in [0.1, 0.15) is 17.8 Å². The van der Waals surface area contributed by atoms with Crippen molar-refractivity contribution in [2.75, 3.05) is 0 Å². The number of fused-ring (bicyclic) bond motifs is 1. The summed E-state index contributed by atoms with van der Waals surface area (Å²) in [6, 6.07) is 10.8. The second kappa shape index (κ2) is 6.07. The minimum Gasteiger partial charge on any atom is -0.426 e. The molecule has 0 amide bonds. The first-order valence-electron chi connectivity index (χ1n) is 7.05. The molecule has 0 fully saturated rings. The van der Waals surface area contributed by atoms with Gasteiger partial charge in [0.25, 0.3) is 0 Å². The van der Waals surface area contributed by atoms with E-state index in [1.54, 1.807) is 43.6 Å². The van der Waals surface area contributed by atoms with Gasteiger partial charge in [0.2, 0.25) is 0 Å². The third-order valence-electron chi connectivity index (χ3n) is 3.70. The van der Waals surface area contributed by atoms with Crippen LogP contribution in [-0.2, 0) is 11.3 Å². The number of aliphatic hydroxyl groups excluding tert-OH is 1. The van der Waals surface area contributed by atoms with E-state index in [-0.39, 0.29) is 0 Å². The Morgan fingerprint density at radius 1 is 1.32 bits per heavy atom. The molecule has 0 aliphatic carbocycles. The van der Waals surface area contributed by atoms with Crippen molar-refractivity contribution >= 4 is 11.7 Å². The Kier molecular flexibility index (Phi) is 3.98. The van der Waals surface area contributed by atoms with E-state index < -0.39 is 18.0 Å². The summed E-state index contributed by atoms with van der Waals surface area (Å²) < 4.78 is 5.30. The summed E-state index contributed by atoms with van der Waals surface area (Å²) in [5.74, 6) is -0.832. The molecule has 2 atom stereocenters. The molecule has 1 aliphatic rings. The molecule has 1 aromatic heterocycles. The highest BCUT2D eigenvalue weighted by Gasteiger charge is 2.38. The van der Waals surface area contributed by atoms with E-state index in [2.05, 4.69) is 9.98 Å². The second-order valence-corrected chi connectivity index (χ2v) is 5.20. The molecule has 3 rings (SSSR count). The van der Waals surface area contributed by atoms with Gasteiger partial charge in [0.05, 0.1) is 6.54 Å². The largest absolute Gasteiger partial charge is 0.426 e. The van der Waals surface area contributed by atoms with Crippen LogP contribution < -0.4 is 4.74 Å². The lowest BCUT2D eigenvalue weighted by atomic mass is 9.89. The Balaban J connectivity index is 1.83. The van der Waals surface area contributed by atoms with Crippen LogP contribution in [0.15, 0.2) is 53.8 Å². The van der Waals surface area contributed by atoms with Crippen LogP contribution in [0.5, 0.6) is 5.75 Å². The standard InChI is InChI=1S/C17H16N2O3/c1-11(19-10-12-5-4-8-18-9-12)15-16(20)13-6-2-3-7-14(13)22-17(15)21/h2-9,15-16,20H,10H2,1H3. The fourth-order valence-corrected chi connectivity index (χ4v) is 2.50. The third-order valence-corrected chi connectivity index (χ3v) is 3.70. The van der Waals surface area contributed by atoms with Crippen LogP contribution in [0.25, 0.3) is 0 Å². The molecule has 5 heteroatoms. The molecule has 22 heavy (non-hydrogen) atoms. The predicted octanol–water partition coefficient (Wildman–Crippen LogP) is 2.31. The van der Waals surface area contributed by atoms with Crippen molar-refractivity contribution in [1.29, 1.82) is 0 Å². The van der Waals surface area contributed by atoms with Gasteiger partial charge in [0.15, 0.2) is 0 Å². The number of hydrogen-bond acceptors (Lipinski definition) is 5. The number of aromatic nitrogens is 1. The maximum absolute atomic E-state index is 12.1. The molecule has 0 radical (unpaired) electrons. The molecule has 1 aromatic carbocycles. The molecule has 0 saturated carbocycles. The average Bonchev–Trinajstić information content (AvgIpc) is 2.54. The smallest absolute Gasteiger partial charge is 0.323 e. The third kappa shape index (κ3) is 2.76. The van der Waals surface area contributed by atoms with Gasteiger partial charge in [-0.3, -0.25) is 14.8 Å². The normalized spacial score (nSPS) is 21.2. The number of benzene rings is 1. The monoisotopic (exact) mass is 296 g/mol. The number of pyridine rings is 1. The van der Waals surface area contributed by atoms with Gasteiger partial charge in [-0.25, -0.2) is 0 Å². The SMILES string of the molecule is CC(=NCc1cccnc1)C1C(=O)Oc2ccccc2C1O. The first kappa shape index (κ1) is 14.4. The lowest BCUT2D eigenvalue weighted by Gasteiger charge is -2.28. The van der Waals surface area contributed by atoms with E-state index in [4.69, 9.17) is 4.74 Å². The Hall–Kier alpha value is -2.53. The summed E-state index contributed by atoms with van der Waals surface area (Å²) in [4.78, 5) is 20.6. The molecule has 2 aromatic rings. The van der Waals surface area contributed by atoms with Crippen molar-refractivity contribution in [3.05, 3.63) is 59.9 Å². The van der Waals surface area contributed by atoms with E-state index >= 15 is 0 Å². The maximum Gasteiger partial charge on any atom is 0.323 e. The van der Waals surface area contributed by atoms with Crippen molar-refractivity contribution in [2.45, 2.75) is 19.6 Å². The predicted molar refractivity (Wildman–Crippen MR) is 81.6 cm³/mol. The number of esters is 1. The zero-order valence-corrected chi connectivity index (χ0v) is 12.1. The van der Waals surface area contributed by atoms with E-state index in [0.29, 0.717) is 23.6 Å². The molecular weight excluding hydrogens is 280 g/mol. The van der Waals surface area contributed by atoms with Crippen molar-refractivity contribution in [2.24, 2.45) is 10.9 Å². The number of carbonyl (C=O) groups is 1. The van der Waals surface area contributed by atoms with Crippen LogP contribution in [0, 0.1) is 5.92 Å². The van der Waals surface area contributed by atoms with E-state index in [1.165, 1.54) is 0 Å². The minimum atomic E-state index is -0.935. The molecule has 112 valence electrons. The highest BCUT2D eigenvalue weighted by molar-refractivity contribution is 6.03. The number of hydrogen-bond donors (Lipinski definition) is 1. The molecule has 2 heterocycles. The summed E-state index contributed by atoms with van der Waals surface area (Å²) in [5.41, 5.74) is 2.11. The van der Waals surface area contributed by atoms with Crippen LogP contribution in [0.2, 0.25) is 0 Å². The number of carbonyl (C=O) groups excluding carboxylic acids is 1. The Bertz CT molecular complexity index is 713. The summed E-state index contributed by atoms with van der Waals surface area (Å²) in [7, 11) is 0. The Morgan fingerprint density at radius 3 is 2.91 bits per heavy atom. The summed E-state index contributed by atoms with van der Waals surface area (Å²) >= 11 is 0. The molecule has 2 unspecified atom stereocenters. The molecule has 0 spiro atoms. The van der Waals surface area contributed by atoms with Gasteiger partial charge in [0, 0.05) is 23.7 Å². The zero-order chi connectivity index (χ0) is 15.5. The average molecular weight is 296 g/mol. The number of rotatable bonds is 3. The van der Waals surface area contributed by atoms with Crippen LogP contribution in [0.1, 0.15) is 24.2 Å². The highest BCUT2D eigenvalue weighted by Crippen LogP contribution is 2.36. The van der Waals surface area contributed by atoms with Crippen LogP contribution in [-0.4, -0.2) is 21.8 Å². The first-order valence-corrected chi connectivity index (χ1v) is 7.05. The first-order chi connectivity index (χ1) is 10.7. The van der Waals surface area contributed by atoms with Crippen molar-refractivity contribution in [3.63, 3.8) is 0 Å². The van der Waals surface area contributed by atoms with Crippen LogP contribution in [0.4, 0.5) is 0 Å². The quantitative estimate of drug-likeness (QED) is 0.536. The second-order valence-electron chi connectivity index (χ2n) is 5.20. The molecule has 0 bridgehead atoms. The number of ether oxygens (including phenoxy) is 1. The minimum absolute atomic E-state index is 0.413. The van der Waals surface area contributed by atoms with Gasteiger partial charge in [-0.1, -0.05) is 24.3 Å². The van der Waals surface area contributed by atoms with E-state index in [9.17, 15) is 9.90 Å². The van der Waals surface area contributed by atoms with Gasteiger partial charge in [-0.05, 0) is 24.6 Å². The molecule has 0 saturated heterocycles. The summed E-state index contributed by atoms with van der Waals surface area (Å²) in [6.45, 7) is 2.15. The van der Waals surface area contributed by atoms with Crippen molar-refractivity contribution in [1.82, 2.24) is 4.98 Å². The van der Waals surface area contributed by atoms with E-state index in [1.807, 2.05) is 12.1 Å². The molecular formula is C17H16N2O3. The zero-order valence-electron chi connectivity index (χ0n) is 12.1. The molecule has 5 nitrogen and oxygen atoms in total. The van der Waals surface area contributed by atoms with Gasteiger partial charge >= 0.3 is 5.97 Å². The number of nitrogens with zero attached hydrogens (tertiary/aromatic N) is 2. The topological polar surface area (TPSA) is 71.8 Å². The van der Waals surface area contributed by atoms with Gasteiger partial charge < -0.3 is 9.84 Å². The fourth-order valence-electron chi connectivity index (χ4n) is 2.50. The number of aliphatic imine (C=N–C) groups is 1. The van der Waals surface area contributed by atoms with Crippen LogP contribution in [0.3, 0.4) is 0 Å². The highest BCUT2D eigenvalue weighted by atomic mass is 16.5. The molecule has 1 aliphatic heterocycles. The molecule has 1 N–H and O–H groups in total. The Morgan fingerprint density at radius 2 is 2.14 bits per heavy atom. The number of aliphatic hydroxyl groups is 1. The Labute approximate surface area is 128 Å². The summed E-state index contributed by atoms with van der Waals surface area (Å²) in [6.07, 6.45) is 2.48. The maximum atomic E-state index is 12.1. The van der Waals surface area contributed by atoms with Gasteiger partial charge in [-0.2, -0.15) is 0 Å². The van der Waals surface area contributed by atoms with Crippen molar-refractivity contribution < 1.29 is 14.6 Å².